The zero-order valence-corrected chi connectivity index (χ0v) is 70.0. The molecule has 9 heteroatoms. The Bertz CT molecular complexity index is 5740. The van der Waals surface area contributed by atoms with E-state index in [2.05, 4.69) is 341 Å². The summed E-state index contributed by atoms with van der Waals surface area (Å²) in [5, 5.41) is 14.0. The van der Waals surface area contributed by atoms with Crippen LogP contribution in [0.25, 0.3) is 89.9 Å². The summed E-state index contributed by atoms with van der Waals surface area (Å²) >= 11 is 0. The summed E-state index contributed by atoms with van der Waals surface area (Å²) in [5.74, 6) is 8.12. The van der Waals surface area contributed by atoms with Gasteiger partial charge in [0.25, 0.3) is 5.56 Å². The first kappa shape index (κ1) is 83.1. The highest BCUT2D eigenvalue weighted by molar-refractivity contribution is 6.24. The molecule has 0 amide bonds. The van der Waals surface area contributed by atoms with Gasteiger partial charge in [0.1, 0.15) is 29.4 Å². The highest BCUT2D eigenvalue weighted by Gasteiger charge is 2.28. The molecule has 4 unspecified atom stereocenters. The Kier molecular flexibility index (Phi) is 26.4. The van der Waals surface area contributed by atoms with E-state index in [-0.39, 0.29) is 13.0 Å². The van der Waals surface area contributed by atoms with Gasteiger partial charge in [-0.3, -0.25) is 9.20 Å². The van der Waals surface area contributed by atoms with Crippen LogP contribution in [0.4, 0.5) is 5.82 Å². The number of imidazole rings is 1. The van der Waals surface area contributed by atoms with Crippen LogP contribution in [0.2, 0.25) is 0 Å². The summed E-state index contributed by atoms with van der Waals surface area (Å²) in [6, 6.07) is 42.9. The quantitative estimate of drug-likeness (QED) is 0.145. The van der Waals surface area contributed by atoms with Crippen LogP contribution in [0.3, 0.4) is 0 Å². The van der Waals surface area contributed by atoms with E-state index in [0.717, 1.165) is 34.0 Å². The summed E-state index contributed by atoms with van der Waals surface area (Å²) in [6.07, 6.45) is 26.8. The van der Waals surface area contributed by atoms with Crippen LogP contribution < -0.4 is 11.3 Å². The predicted octanol–water partition coefficient (Wildman–Crippen LogP) is 27.4. The Morgan fingerprint density at radius 2 is 0.937 bits per heavy atom. The molecule has 4 aliphatic rings. The number of benzene rings is 9. The van der Waals surface area contributed by atoms with Gasteiger partial charge in [-0.2, -0.15) is 0 Å². The topological polar surface area (TPSA) is 128 Å². The van der Waals surface area contributed by atoms with Crippen LogP contribution >= 0.6 is 0 Å². The third kappa shape index (κ3) is 17.5. The van der Waals surface area contributed by atoms with Crippen molar-refractivity contribution in [2.75, 3.05) is 5.73 Å². The number of nitrogens with two attached hydrogens (primary N) is 1. The number of aromatic amines is 1. The van der Waals surface area contributed by atoms with Gasteiger partial charge >= 0.3 is 0 Å². The van der Waals surface area contributed by atoms with Crippen molar-refractivity contribution >= 4 is 95.7 Å². The minimum absolute atomic E-state index is 0. The van der Waals surface area contributed by atoms with Gasteiger partial charge in [0, 0.05) is 47.2 Å². The van der Waals surface area contributed by atoms with Crippen LogP contribution in [0, 0.1) is 86.0 Å². The fourth-order valence-electron chi connectivity index (χ4n) is 16.9. The van der Waals surface area contributed by atoms with Gasteiger partial charge in [-0.1, -0.05) is 292 Å². The molecule has 4 aliphatic carbocycles. The van der Waals surface area contributed by atoms with E-state index in [1.165, 1.54) is 144 Å². The first-order chi connectivity index (χ1) is 52.4. The number of anilines is 1. The number of hydrogen-bond donors (Lipinski definition) is 2. The van der Waals surface area contributed by atoms with Crippen molar-refractivity contribution in [3.63, 3.8) is 0 Å². The molecule has 4 aromatic heterocycles. The Morgan fingerprint density at radius 3 is 1.56 bits per heavy atom. The number of H-pyrrole nitrogens is 1. The standard InChI is InChI=1S/C20H18.C18H22.C15H18.C14H18.C13H15N3.C11H14N2O.C10H13N3.CH4/c1-12(2)16-10-9-15-8-7-14-5-4-6-17-13(3)11-18(16)20(15)19(14)17;1-6-8-16-13(4)11-18-15(12(2)3)9-7-10-17(18)14(16)5;1-10(2)13-6-5-7-14-12(4)8-11(3)9-15(13)14;1-9(2)12-5-6-13-11(4)7-10(3)8-14(12)13;1-8(2)10-4-5-11-12(10)15-9(3)16-7-6-14-13(11)16;1-6(2)8-4-5-9-10(8)12-7(3)13-11(9)14;1-6(2)7-3-4-8-9(7)12-5-13-10(8)11;/h4-12H,1-3H3;6-12H,1-5H3;5-10H,1-4H3;5-9,12H,1-4H3;4-8,10H,1-3H3;4-6,8H,1-3H3,(H,12,13,14);3-7H,1-2H3,(H2,11,12,13);1H4/b;8-6-;;;;;;. The number of allylic oxidation sites excluding steroid dienone is 5. The average molecular weight is 1480 g/mol. The summed E-state index contributed by atoms with van der Waals surface area (Å²) in [4.78, 5) is 36.0. The molecular formula is C102H122N8O. The Labute approximate surface area is 662 Å². The molecule has 0 aliphatic heterocycles. The lowest BCUT2D eigenvalue weighted by Gasteiger charge is -2.17. The van der Waals surface area contributed by atoms with Crippen molar-refractivity contribution in [1.82, 2.24) is 34.3 Å². The van der Waals surface area contributed by atoms with Crippen LogP contribution in [-0.2, 0) is 0 Å². The zero-order chi connectivity index (χ0) is 79.4. The fraction of sp³-hybridized carbons (Fsp3) is 0.353. The molecule has 111 heavy (non-hydrogen) atoms. The first-order valence-electron chi connectivity index (χ1n) is 40.1. The van der Waals surface area contributed by atoms with Gasteiger partial charge in [-0.25, -0.2) is 24.9 Å². The molecule has 9 nitrogen and oxygen atoms in total. The molecule has 3 N–H and O–H groups in total. The molecule has 4 heterocycles. The van der Waals surface area contributed by atoms with Crippen LogP contribution in [0.15, 0.2) is 169 Å². The summed E-state index contributed by atoms with van der Waals surface area (Å²) in [5.41, 5.74) is 31.2. The van der Waals surface area contributed by atoms with Gasteiger partial charge in [-0.15, -0.1) is 0 Å². The molecule has 9 aromatic carbocycles. The normalized spacial score (nSPS) is 15.4. The molecule has 17 rings (SSSR count). The zero-order valence-electron chi connectivity index (χ0n) is 70.0. The van der Waals surface area contributed by atoms with Gasteiger partial charge in [0.05, 0.1) is 22.6 Å². The third-order valence-electron chi connectivity index (χ3n) is 22.7. The molecule has 0 radical (unpaired) electrons. The number of hydrogen-bond acceptors (Lipinski definition) is 7. The van der Waals surface area contributed by atoms with E-state index < -0.39 is 0 Å². The lowest BCUT2D eigenvalue weighted by atomic mass is 9.87. The average Bonchev–Trinajstić information content (AvgIpc) is 1.71. The molecule has 13 aromatic rings. The molecule has 0 fully saturated rings. The maximum Gasteiger partial charge on any atom is 0.258 e. The van der Waals surface area contributed by atoms with Gasteiger partial charge in [0.2, 0.25) is 0 Å². The number of aryl methyl sites for hydroxylation is 9. The SMILES string of the molecule is C.C/C=C\c1c(C)cc2c(C(C)C)cccc2c1C.CC(C)C1C=Cc2c(N)ncnc21.Cc1cc(C)c2c(c1)C(C(C)C)C=C2.Cc1cc(C)c2cccc(C(C)C)c2c1.Cc1cc2c(C(C)C)ccc3ccc4cccc1c4c32.Cc1nc2c(c(=O)[nH]1)C=CC2C(C)C.Cc1nc2c(c3nccn13)C=CC2C(C)C. The molecule has 0 saturated carbocycles. The van der Waals surface area contributed by atoms with E-state index >= 15 is 0 Å². The number of aromatic nitrogens is 7. The van der Waals surface area contributed by atoms with E-state index in [1.807, 2.05) is 42.8 Å². The predicted molar refractivity (Wildman–Crippen MR) is 482 cm³/mol. The van der Waals surface area contributed by atoms with Gasteiger partial charge in [-0.05, 0) is 226 Å². The molecule has 0 spiro atoms. The Balaban J connectivity index is 0.000000138. The minimum atomic E-state index is -0.0214. The van der Waals surface area contributed by atoms with Crippen molar-refractivity contribution in [1.29, 1.82) is 0 Å². The third-order valence-corrected chi connectivity index (χ3v) is 22.7. The summed E-state index contributed by atoms with van der Waals surface area (Å²) < 4.78 is 2.05. The maximum absolute atomic E-state index is 11.6. The van der Waals surface area contributed by atoms with E-state index in [0.29, 0.717) is 76.7 Å². The van der Waals surface area contributed by atoms with Crippen LogP contribution in [0.1, 0.15) is 270 Å². The minimum Gasteiger partial charge on any atom is -0.383 e. The molecule has 576 valence electrons. The van der Waals surface area contributed by atoms with Gasteiger partial charge < -0.3 is 10.7 Å². The van der Waals surface area contributed by atoms with E-state index in [9.17, 15) is 4.79 Å². The lowest BCUT2D eigenvalue weighted by Crippen LogP contribution is -2.16. The Morgan fingerprint density at radius 1 is 0.450 bits per heavy atom. The number of rotatable bonds is 8. The second-order valence-corrected chi connectivity index (χ2v) is 33.3. The summed E-state index contributed by atoms with van der Waals surface area (Å²) in [6.45, 7) is 52.6. The molecule has 0 saturated heterocycles. The van der Waals surface area contributed by atoms with Crippen LogP contribution in [-0.4, -0.2) is 34.3 Å². The second-order valence-electron chi connectivity index (χ2n) is 33.3. The Hall–Kier alpha value is -10.4. The highest BCUT2D eigenvalue weighted by atomic mass is 16.1. The van der Waals surface area contributed by atoms with Crippen molar-refractivity contribution < 1.29 is 0 Å². The maximum atomic E-state index is 11.6. The lowest BCUT2D eigenvalue weighted by molar-refractivity contribution is 0.569. The van der Waals surface area contributed by atoms with Crippen molar-refractivity contribution in [2.45, 2.75) is 215 Å². The van der Waals surface area contributed by atoms with E-state index in [4.69, 9.17) is 10.7 Å². The van der Waals surface area contributed by atoms with E-state index in [1.54, 1.807) is 0 Å². The molecular weight excluding hydrogens is 1350 g/mol. The smallest absolute Gasteiger partial charge is 0.258 e. The number of nitrogen functional groups attached to an aromatic ring is 1. The van der Waals surface area contributed by atoms with Crippen molar-refractivity contribution in [3.05, 3.63) is 292 Å². The second kappa shape index (κ2) is 35.3. The van der Waals surface area contributed by atoms with Gasteiger partial charge in [0.15, 0.2) is 0 Å². The van der Waals surface area contributed by atoms with Crippen molar-refractivity contribution in [3.8, 4) is 0 Å². The summed E-state index contributed by atoms with van der Waals surface area (Å²) in [7, 11) is 0. The number of nitrogens with zero attached hydrogens (tertiary/aromatic N) is 6. The molecule has 0 bridgehead atoms. The monoisotopic (exact) mass is 1470 g/mol. The fourth-order valence-corrected chi connectivity index (χ4v) is 16.9. The highest BCUT2D eigenvalue weighted by Crippen LogP contribution is 2.43. The van der Waals surface area contributed by atoms with Crippen molar-refractivity contribution in [2.24, 2.45) is 23.7 Å². The largest absolute Gasteiger partial charge is 0.383 e. The number of nitrogens with one attached hydrogen (secondary N) is 1. The number of fused-ring (bicyclic) bond motifs is 8. The van der Waals surface area contributed by atoms with Crippen LogP contribution in [0.5, 0.6) is 0 Å². The first-order valence-corrected chi connectivity index (χ1v) is 40.1. The molecule has 4 atom stereocenters.